The Kier molecular flexibility index (Phi) is 6.65. The first-order valence-corrected chi connectivity index (χ1v) is 13.4. The van der Waals surface area contributed by atoms with Gasteiger partial charge >= 0.3 is 11.7 Å². The molecule has 3 aromatic rings. The zero-order valence-electron chi connectivity index (χ0n) is 21.1. The van der Waals surface area contributed by atoms with Gasteiger partial charge in [-0.3, -0.25) is 9.36 Å². The van der Waals surface area contributed by atoms with Crippen molar-refractivity contribution in [2.24, 2.45) is 5.92 Å². The highest BCUT2D eigenvalue weighted by atomic mass is 19.1. The van der Waals surface area contributed by atoms with E-state index >= 15 is 0 Å². The van der Waals surface area contributed by atoms with Crippen molar-refractivity contribution in [1.29, 1.82) is 0 Å². The molecule has 2 saturated heterocycles. The molecule has 38 heavy (non-hydrogen) atoms. The Morgan fingerprint density at radius 2 is 1.82 bits per heavy atom. The number of nitrogens with zero attached hydrogens (tertiary/aromatic N) is 3. The Bertz CT molecular complexity index is 1380. The zero-order chi connectivity index (χ0) is 26.2. The van der Waals surface area contributed by atoms with Gasteiger partial charge in [0.1, 0.15) is 18.0 Å². The number of aromatic amines is 1. The van der Waals surface area contributed by atoms with Crippen LogP contribution in [0.3, 0.4) is 0 Å². The van der Waals surface area contributed by atoms with Crippen LogP contribution < -0.4 is 11.0 Å². The monoisotopic (exact) mass is 521 g/mol. The molecule has 1 aliphatic carbocycles. The molecule has 9 nitrogen and oxygen atoms in total. The summed E-state index contributed by atoms with van der Waals surface area (Å²) in [5, 5.41) is 2.92. The first-order chi connectivity index (χ1) is 18.5. The average Bonchev–Trinajstić information content (AvgIpc) is 3.71. The SMILES string of the molecule is O=C(NC1COC(c2ccccc2)CN(CC2CC2)C1=O)N1CCC(n2c(=O)[nH]c3ccc(F)cc32)CC1. The first kappa shape index (κ1) is 24.7. The second-order valence-corrected chi connectivity index (χ2v) is 10.6. The van der Waals surface area contributed by atoms with Gasteiger partial charge in [0.25, 0.3) is 0 Å². The fourth-order valence-electron chi connectivity index (χ4n) is 5.62. The molecule has 1 aromatic heterocycles. The van der Waals surface area contributed by atoms with Crippen molar-refractivity contribution in [1.82, 2.24) is 24.7 Å². The Balaban J connectivity index is 1.11. The number of piperidine rings is 1. The average molecular weight is 522 g/mol. The van der Waals surface area contributed by atoms with E-state index in [9.17, 15) is 18.8 Å². The lowest BCUT2D eigenvalue weighted by atomic mass is 10.0. The first-order valence-electron chi connectivity index (χ1n) is 13.4. The lowest BCUT2D eigenvalue weighted by molar-refractivity contribution is -0.132. The van der Waals surface area contributed by atoms with Crippen molar-refractivity contribution >= 4 is 23.0 Å². The number of halogens is 1. The van der Waals surface area contributed by atoms with Gasteiger partial charge in [-0.2, -0.15) is 0 Å². The number of fused-ring (bicyclic) bond motifs is 1. The van der Waals surface area contributed by atoms with Crippen molar-refractivity contribution in [3.8, 4) is 0 Å². The summed E-state index contributed by atoms with van der Waals surface area (Å²) in [4.78, 5) is 45.5. The maximum atomic E-state index is 13.8. The number of imidazole rings is 1. The van der Waals surface area contributed by atoms with E-state index < -0.39 is 11.9 Å². The third kappa shape index (κ3) is 5.05. The molecule has 0 radical (unpaired) electrons. The molecule has 2 aromatic carbocycles. The molecule has 2 unspecified atom stereocenters. The van der Waals surface area contributed by atoms with Crippen molar-refractivity contribution < 1.29 is 18.7 Å². The van der Waals surface area contributed by atoms with Crippen molar-refractivity contribution in [3.05, 3.63) is 70.4 Å². The number of carbonyl (C=O) groups is 2. The summed E-state index contributed by atoms with van der Waals surface area (Å²) in [5.41, 5.74) is 1.86. The number of amides is 3. The maximum Gasteiger partial charge on any atom is 0.326 e. The second kappa shape index (κ2) is 10.2. The molecule has 3 aliphatic rings. The van der Waals surface area contributed by atoms with Crippen LogP contribution in [0.25, 0.3) is 11.0 Å². The molecular formula is C28H32FN5O4. The summed E-state index contributed by atoms with van der Waals surface area (Å²) in [6.45, 7) is 2.11. The van der Waals surface area contributed by atoms with Gasteiger partial charge in [0, 0.05) is 25.7 Å². The number of nitrogens with one attached hydrogen (secondary N) is 2. The van der Waals surface area contributed by atoms with Gasteiger partial charge in [-0.25, -0.2) is 14.0 Å². The lowest BCUT2D eigenvalue weighted by Gasteiger charge is -2.33. The minimum Gasteiger partial charge on any atom is -0.369 e. The molecule has 3 fully saturated rings. The van der Waals surface area contributed by atoms with Gasteiger partial charge in [0.15, 0.2) is 0 Å². The number of rotatable bonds is 5. The molecule has 1 saturated carbocycles. The summed E-state index contributed by atoms with van der Waals surface area (Å²) >= 11 is 0. The lowest BCUT2D eigenvalue weighted by Crippen LogP contribution is -2.54. The molecule has 0 bridgehead atoms. The summed E-state index contributed by atoms with van der Waals surface area (Å²) in [7, 11) is 0. The number of carbonyl (C=O) groups excluding carboxylic acids is 2. The Labute approximate surface area is 219 Å². The minimum atomic E-state index is -0.758. The van der Waals surface area contributed by atoms with E-state index in [0.717, 1.165) is 18.4 Å². The largest absolute Gasteiger partial charge is 0.369 e. The number of H-pyrrole nitrogens is 1. The molecule has 3 amide bonds. The number of aromatic nitrogens is 2. The van der Waals surface area contributed by atoms with Gasteiger partial charge in [-0.05, 0) is 55.4 Å². The Morgan fingerprint density at radius 1 is 1.05 bits per heavy atom. The summed E-state index contributed by atoms with van der Waals surface area (Å²) in [6, 6.07) is 12.9. The van der Waals surface area contributed by atoms with Crippen LogP contribution >= 0.6 is 0 Å². The van der Waals surface area contributed by atoms with Crippen LogP contribution in [0.1, 0.15) is 43.4 Å². The van der Waals surface area contributed by atoms with E-state index in [2.05, 4.69) is 10.3 Å². The van der Waals surface area contributed by atoms with Crippen molar-refractivity contribution in [2.45, 2.75) is 43.9 Å². The summed E-state index contributed by atoms with van der Waals surface area (Å²) in [6.07, 6.45) is 3.11. The van der Waals surface area contributed by atoms with Gasteiger partial charge < -0.3 is 24.8 Å². The summed E-state index contributed by atoms with van der Waals surface area (Å²) in [5.74, 6) is 0.0127. The van der Waals surface area contributed by atoms with Crippen molar-refractivity contribution in [3.63, 3.8) is 0 Å². The van der Waals surface area contributed by atoms with Crippen LogP contribution in [0, 0.1) is 11.7 Å². The van der Waals surface area contributed by atoms with Crippen LogP contribution in [0.4, 0.5) is 9.18 Å². The molecule has 200 valence electrons. The van der Waals surface area contributed by atoms with Crippen LogP contribution in [-0.4, -0.2) is 70.1 Å². The smallest absolute Gasteiger partial charge is 0.326 e. The second-order valence-electron chi connectivity index (χ2n) is 10.6. The number of likely N-dealkylation sites (tertiary alicyclic amines) is 1. The number of hydrogen-bond acceptors (Lipinski definition) is 4. The summed E-state index contributed by atoms with van der Waals surface area (Å²) < 4.78 is 21.6. The number of benzene rings is 2. The normalized spacial score (nSPS) is 23.0. The molecule has 3 heterocycles. The minimum absolute atomic E-state index is 0.106. The predicted octanol–water partition coefficient (Wildman–Crippen LogP) is 3.19. The molecule has 2 N–H and O–H groups in total. The van der Waals surface area contributed by atoms with E-state index in [1.807, 2.05) is 35.2 Å². The van der Waals surface area contributed by atoms with Crippen LogP contribution in [0.5, 0.6) is 0 Å². The van der Waals surface area contributed by atoms with E-state index in [-0.39, 0.29) is 36.4 Å². The van der Waals surface area contributed by atoms with Gasteiger partial charge in [-0.1, -0.05) is 30.3 Å². The third-order valence-electron chi connectivity index (χ3n) is 7.90. The Hall–Kier alpha value is -3.66. The predicted molar refractivity (Wildman–Crippen MR) is 139 cm³/mol. The quantitative estimate of drug-likeness (QED) is 0.539. The van der Waals surface area contributed by atoms with E-state index in [1.165, 1.54) is 12.1 Å². The van der Waals surface area contributed by atoms with Crippen LogP contribution in [-0.2, 0) is 9.53 Å². The molecule has 6 rings (SSSR count). The molecule has 2 atom stereocenters. The highest BCUT2D eigenvalue weighted by Crippen LogP contribution is 2.32. The highest BCUT2D eigenvalue weighted by Gasteiger charge is 2.37. The van der Waals surface area contributed by atoms with Gasteiger partial charge in [0.2, 0.25) is 5.91 Å². The fourth-order valence-corrected chi connectivity index (χ4v) is 5.62. The molecule has 10 heteroatoms. The van der Waals surface area contributed by atoms with Gasteiger partial charge in [-0.15, -0.1) is 0 Å². The third-order valence-corrected chi connectivity index (χ3v) is 7.90. The number of hydrogen-bond donors (Lipinski definition) is 2. The molecule has 0 spiro atoms. The maximum absolute atomic E-state index is 13.8. The molecule has 2 aliphatic heterocycles. The fraction of sp³-hybridized carbons (Fsp3) is 0.464. The standard InChI is InChI=1S/C28H32FN5O4/c29-20-8-9-22-24(14-20)34(28(37)30-22)21-10-12-32(13-11-21)27(36)31-23-17-38-25(19-4-2-1-3-5-19)16-33(26(23)35)15-18-6-7-18/h1-5,8-9,14,18,21,23,25H,6-7,10-13,15-17H2,(H,30,37)(H,31,36). The highest BCUT2D eigenvalue weighted by molar-refractivity contribution is 5.87. The van der Waals surface area contributed by atoms with Crippen molar-refractivity contribution in [2.75, 3.05) is 32.8 Å². The van der Waals surface area contributed by atoms with E-state index in [4.69, 9.17) is 4.74 Å². The van der Waals surface area contributed by atoms with Crippen LogP contribution in [0.15, 0.2) is 53.3 Å². The molecular weight excluding hydrogens is 489 g/mol. The van der Waals surface area contributed by atoms with E-state index in [0.29, 0.717) is 56.0 Å². The topological polar surface area (TPSA) is 99.7 Å². The Morgan fingerprint density at radius 3 is 2.55 bits per heavy atom. The van der Waals surface area contributed by atoms with Crippen LogP contribution in [0.2, 0.25) is 0 Å². The van der Waals surface area contributed by atoms with Gasteiger partial charge in [0.05, 0.1) is 24.2 Å². The van der Waals surface area contributed by atoms with E-state index in [1.54, 1.807) is 15.5 Å². The number of ether oxygens (including phenoxy) is 1. The zero-order valence-corrected chi connectivity index (χ0v) is 21.1. The number of urea groups is 1.